The molecule has 1 aromatic rings. The van der Waals surface area contributed by atoms with Gasteiger partial charge in [0.1, 0.15) is 0 Å². The van der Waals surface area contributed by atoms with Gasteiger partial charge in [0.25, 0.3) is 5.91 Å². The van der Waals surface area contributed by atoms with Gasteiger partial charge in [-0.15, -0.1) is 12.4 Å². The van der Waals surface area contributed by atoms with Crippen LogP contribution < -0.4 is 11.1 Å². The summed E-state index contributed by atoms with van der Waals surface area (Å²) >= 11 is 0. The van der Waals surface area contributed by atoms with Gasteiger partial charge in [0, 0.05) is 37.8 Å². The van der Waals surface area contributed by atoms with Crippen molar-refractivity contribution in [2.75, 3.05) is 25.5 Å². The van der Waals surface area contributed by atoms with Crippen molar-refractivity contribution in [2.45, 2.75) is 12.8 Å². The maximum Gasteiger partial charge on any atom is 0.254 e. The van der Waals surface area contributed by atoms with Crippen molar-refractivity contribution in [3.8, 4) is 0 Å². The number of rotatable bonds is 3. The number of nitrogen functional groups attached to an aromatic ring is 1. The SMILES string of the molecule is Cl.Nc1ccncc1C(=O)NCC1CCOCC1. The molecule has 1 saturated heterocycles. The minimum Gasteiger partial charge on any atom is -0.398 e. The van der Waals surface area contributed by atoms with Crippen LogP contribution >= 0.6 is 12.4 Å². The van der Waals surface area contributed by atoms with Gasteiger partial charge in [-0.2, -0.15) is 0 Å². The van der Waals surface area contributed by atoms with E-state index in [1.807, 2.05) is 0 Å². The lowest BCUT2D eigenvalue weighted by molar-refractivity contribution is 0.0643. The van der Waals surface area contributed by atoms with E-state index in [0.29, 0.717) is 23.7 Å². The third-order valence-electron chi connectivity index (χ3n) is 2.99. The van der Waals surface area contributed by atoms with Crippen LogP contribution in [0.4, 0.5) is 5.69 Å². The lowest BCUT2D eigenvalue weighted by Crippen LogP contribution is -2.32. The minimum atomic E-state index is -0.151. The smallest absolute Gasteiger partial charge is 0.254 e. The van der Waals surface area contributed by atoms with Gasteiger partial charge >= 0.3 is 0 Å². The molecule has 0 radical (unpaired) electrons. The van der Waals surface area contributed by atoms with Crippen LogP contribution in [0.5, 0.6) is 0 Å². The molecule has 0 aromatic carbocycles. The van der Waals surface area contributed by atoms with Gasteiger partial charge in [0.2, 0.25) is 0 Å². The largest absolute Gasteiger partial charge is 0.398 e. The minimum absolute atomic E-state index is 0. The average molecular weight is 272 g/mol. The zero-order valence-corrected chi connectivity index (χ0v) is 10.9. The van der Waals surface area contributed by atoms with Crippen molar-refractivity contribution in [1.82, 2.24) is 10.3 Å². The van der Waals surface area contributed by atoms with E-state index in [-0.39, 0.29) is 18.3 Å². The Morgan fingerprint density at radius 1 is 1.50 bits per heavy atom. The van der Waals surface area contributed by atoms with Crippen molar-refractivity contribution in [2.24, 2.45) is 5.92 Å². The van der Waals surface area contributed by atoms with Gasteiger partial charge in [0.05, 0.1) is 5.56 Å². The molecule has 1 fully saturated rings. The molecule has 1 aliphatic heterocycles. The van der Waals surface area contributed by atoms with Crippen molar-refractivity contribution < 1.29 is 9.53 Å². The van der Waals surface area contributed by atoms with Crippen LogP contribution in [-0.4, -0.2) is 30.6 Å². The number of hydrogen-bond acceptors (Lipinski definition) is 4. The number of nitrogens with zero attached hydrogens (tertiary/aromatic N) is 1. The van der Waals surface area contributed by atoms with Crippen molar-refractivity contribution in [1.29, 1.82) is 0 Å². The van der Waals surface area contributed by atoms with Crippen molar-refractivity contribution in [3.63, 3.8) is 0 Å². The van der Waals surface area contributed by atoms with Crippen LogP contribution in [0.15, 0.2) is 18.5 Å². The normalized spacial score (nSPS) is 15.8. The van der Waals surface area contributed by atoms with Gasteiger partial charge in [0.15, 0.2) is 0 Å². The fourth-order valence-electron chi connectivity index (χ4n) is 1.88. The monoisotopic (exact) mass is 271 g/mol. The molecule has 5 nitrogen and oxygen atoms in total. The molecule has 18 heavy (non-hydrogen) atoms. The van der Waals surface area contributed by atoms with E-state index in [1.54, 1.807) is 12.3 Å². The lowest BCUT2D eigenvalue weighted by Gasteiger charge is -2.22. The Hall–Kier alpha value is -1.33. The quantitative estimate of drug-likeness (QED) is 0.867. The van der Waals surface area contributed by atoms with Gasteiger partial charge in [-0.25, -0.2) is 0 Å². The van der Waals surface area contributed by atoms with Crippen molar-refractivity contribution in [3.05, 3.63) is 24.0 Å². The first kappa shape index (κ1) is 14.7. The molecule has 0 saturated carbocycles. The van der Waals surface area contributed by atoms with E-state index in [1.165, 1.54) is 6.20 Å². The van der Waals surface area contributed by atoms with E-state index in [0.717, 1.165) is 26.1 Å². The van der Waals surface area contributed by atoms with Crippen LogP contribution in [0.2, 0.25) is 0 Å². The summed E-state index contributed by atoms with van der Waals surface area (Å²) in [5.74, 6) is 0.354. The predicted octanol–water partition coefficient (Wildman–Crippen LogP) is 1.24. The first-order chi connectivity index (χ1) is 8.27. The fourth-order valence-corrected chi connectivity index (χ4v) is 1.88. The summed E-state index contributed by atoms with van der Waals surface area (Å²) in [6.07, 6.45) is 5.07. The van der Waals surface area contributed by atoms with E-state index < -0.39 is 0 Å². The van der Waals surface area contributed by atoms with Gasteiger partial charge in [-0.1, -0.05) is 0 Å². The van der Waals surface area contributed by atoms with Crippen LogP contribution in [0.3, 0.4) is 0 Å². The van der Waals surface area contributed by atoms with Gasteiger partial charge in [-0.3, -0.25) is 9.78 Å². The number of halogens is 1. The van der Waals surface area contributed by atoms with E-state index in [4.69, 9.17) is 10.5 Å². The molecule has 1 aliphatic rings. The Morgan fingerprint density at radius 3 is 2.89 bits per heavy atom. The summed E-state index contributed by atoms with van der Waals surface area (Å²) in [4.78, 5) is 15.7. The molecule has 1 aromatic heterocycles. The Labute approximate surface area is 113 Å². The maximum absolute atomic E-state index is 11.8. The number of ether oxygens (including phenoxy) is 1. The first-order valence-corrected chi connectivity index (χ1v) is 5.83. The molecule has 2 rings (SSSR count). The highest BCUT2D eigenvalue weighted by molar-refractivity contribution is 5.98. The highest BCUT2D eigenvalue weighted by atomic mass is 35.5. The second-order valence-corrected chi connectivity index (χ2v) is 4.23. The molecule has 1 amide bonds. The highest BCUT2D eigenvalue weighted by Gasteiger charge is 2.16. The van der Waals surface area contributed by atoms with E-state index >= 15 is 0 Å². The van der Waals surface area contributed by atoms with Crippen LogP contribution in [0, 0.1) is 5.92 Å². The summed E-state index contributed by atoms with van der Waals surface area (Å²) in [6.45, 7) is 2.25. The summed E-state index contributed by atoms with van der Waals surface area (Å²) in [5, 5.41) is 2.90. The number of carbonyl (C=O) groups is 1. The summed E-state index contributed by atoms with van der Waals surface area (Å²) in [6, 6.07) is 1.63. The number of anilines is 1. The van der Waals surface area contributed by atoms with E-state index in [9.17, 15) is 4.79 Å². The molecule has 0 bridgehead atoms. The van der Waals surface area contributed by atoms with Crippen molar-refractivity contribution >= 4 is 24.0 Å². The molecule has 0 spiro atoms. The fraction of sp³-hybridized carbons (Fsp3) is 0.500. The molecule has 3 N–H and O–H groups in total. The molecule has 6 heteroatoms. The Bertz CT molecular complexity index is 395. The molecule has 2 heterocycles. The standard InChI is InChI=1S/C12H17N3O2.ClH/c13-11-1-4-14-8-10(11)12(16)15-7-9-2-5-17-6-3-9;/h1,4,8-9H,2-3,5-7H2,(H2,13,14)(H,15,16);1H. The average Bonchev–Trinajstić information content (AvgIpc) is 2.38. The van der Waals surface area contributed by atoms with Gasteiger partial charge < -0.3 is 15.8 Å². The predicted molar refractivity (Wildman–Crippen MR) is 71.8 cm³/mol. The van der Waals surface area contributed by atoms with Crippen LogP contribution in [0.1, 0.15) is 23.2 Å². The zero-order chi connectivity index (χ0) is 12.1. The summed E-state index contributed by atoms with van der Waals surface area (Å²) in [7, 11) is 0. The second-order valence-electron chi connectivity index (χ2n) is 4.23. The number of aromatic nitrogens is 1. The molecular weight excluding hydrogens is 254 g/mol. The summed E-state index contributed by atoms with van der Waals surface area (Å²) < 4.78 is 5.27. The topological polar surface area (TPSA) is 77.2 Å². The Balaban J connectivity index is 0.00000162. The number of pyridine rings is 1. The third-order valence-corrected chi connectivity index (χ3v) is 2.99. The molecule has 0 aliphatic carbocycles. The number of nitrogens with one attached hydrogen (secondary N) is 1. The molecule has 0 atom stereocenters. The summed E-state index contributed by atoms with van der Waals surface area (Å²) in [5.41, 5.74) is 6.62. The second kappa shape index (κ2) is 7.18. The molecule has 100 valence electrons. The first-order valence-electron chi connectivity index (χ1n) is 5.83. The number of hydrogen-bond donors (Lipinski definition) is 2. The number of nitrogens with two attached hydrogens (primary N) is 1. The number of carbonyl (C=O) groups excluding carboxylic acids is 1. The number of amides is 1. The highest BCUT2D eigenvalue weighted by Crippen LogP contribution is 2.14. The third kappa shape index (κ3) is 3.85. The maximum atomic E-state index is 11.8. The Morgan fingerprint density at radius 2 is 2.22 bits per heavy atom. The van der Waals surface area contributed by atoms with Gasteiger partial charge in [-0.05, 0) is 24.8 Å². The lowest BCUT2D eigenvalue weighted by atomic mass is 10.0. The van der Waals surface area contributed by atoms with Crippen LogP contribution in [-0.2, 0) is 4.74 Å². The molecular formula is C12H18ClN3O2. The van der Waals surface area contributed by atoms with E-state index in [2.05, 4.69) is 10.3 Å². The van der Waals surface area contributed by atoms with Crippen LogP contribution in [0.25, 0.3) is 0 Å². The molecule has 0 unspecified atom stereocenters. The Kier molecular flexibility index (Phi) is 5.88. The zero-order valence-electron chi connectivity index (χ0n) is 10.1.